The first-order valence-electron chi connectivity index (χ1n) is 8.73. The monoisotopic (exact) mass is 400 g/mol. The van der Waals surface area contributed by atoms with Gasteiger partial charge in [0, 0.05) is 11.3 Å². The Balaban J connectivity index is 2.52. The lowest BCUT2D eigenvalue weighted by molar-refractivity contribution is -0.143. The number of rotatable bonds is 6. The summed E-state index contributed by atoms with van der Waals surface area (Å²) in [6.07, 6.45) is -5.20. The van der Waals surface area contributed by atoms with Crippen molar-refractivity contribution in [3.05, 3.63) is 11.7 Å². The zero-order valence-electron chi connectivity index (χ0n) is 15.4. The maximum Gasteiger partial charge on any atom is 0.408 e. The summed E-state index contributed by atoms with van der Waals surface area (Å²) in [6.45, 7) is 2.89. The van der Waals surface area contributed by atoms with E-state index in [1.807, 2.05) is 6.07 Å². The number of aliphatic imine (C=N–C) groups is 1. The van der Waals surface area contributed by atoms with E-state index in [4.69, 9.17) is 5.26 Å². The molecule has 2 rings (SSSR count). The molecular formula is C17H20F4N6O. The molecular weight excluding hydrogens is 380 g/mol. The Labute approximate surface area is 159 Å². The highest BCUT2D eigenvalue weighted by atomic mass is 19.4. The van der Waals surface area contributed by atoms with Crippen LogP contribution >= 0.6 is 0 Å². The molecule has 0 bridgehead atoms. The fourth-order valence-electron chi connectivity index (χ4n) is 2.65. The molecule has 0 spiro atoms. The van der Waals surface area contributed by atoms with Crippen LogP contribution in [0.5, 0.6) is 0 Å². The first-order chi connectivity index (χ1) is 13.2. The van der Waals surface area contributed by atoms with Crippen LogP contribution in [0.25, 0.3) is 5.57 Å². The van der Waals surface area contributed by atoms with Gasteiger partial charge in [0.2, 0.25) is 5.95 Å². The Morgan fingerprint density at radius 3 is 2.71 bits per heavy atom. The third-order valence-electron chi connectivity index (χ3n) is 4.11. The van der Waals surface area contributed by atoms with Gasteiger partial charge in [-0.25, -0.2) is 9.38 Å². The number of nitrogens with one attached hydrogen (secondary N) is 1. The molecule has 1 aliphatic rings. The summed E-state index contributed by atoms with van der Waals surface area (Å²) in [7, 11) is 0. The van der Waals surface area contributed by atoms with Gasteiger partial charge in [0.15, 0.2) is 5.82 Å². The maximum absolute atomic E-state index is 14.3. The molecule has 2 N–H and O–H groups in total. The second-order valence-electron chi connectivity index (χ2n) is 6.35. The summed E-state index contributed by atoms with van der Waals surface area (Å²) < 4.78 is 53.6. The Hall–Kier alpha value is -2.61. The number of hydrogen-bond acceptors (Lipinski definition) is 7. The molecule has 0 aromatic carbocycles. The number of allylic oxidation sites excluding steroid dienone is 1. The molecule has 0 amide bonds. The van der Waals surface area contributed by atoms with Crippen LogP contribution in [0.15, 0.2) is 10.8 Å². The van der Waals surface area contributed by atoms with E-state index in [1.54, 1.807) is 0 Å². The summed E-state index contributed by atoms with van der Waals surface area (Å²) in [5.41, 5.74) is 0.352. The van der Waals surface area contributed by atoms with Gasteiger partial charge in [-0.2, -0.15) is 33.4 Å². The molecule has 0 saturated heterocycles. The van der Waals surface area contributed by atoms with Crippen molar-refractivity contribution >= 4 is 23.2 Å². The number of alkyl halides is 3. The second-order valence-corrected chi connectivity index (χ2v) is 6.35. The molecule has 0 fully saturated rings. The highest BCUT2D eigenvalue weighted by Gasteiger charge is 2.39. The highest BCUT2D eigenvalue weighted by Crippen LogP contribution is 2.33. The lowest BCUT2D eigenvalue weighted by Crippen LogP contribution is -2.36. The maximum atomic E-state index is 14.3. The van der Waals surface area contributed by atoms with Crippen molar-refractivity contribution in [3.8, 4) is 6.07 Å². The van der Waals surface area contributed by atoms with Gasteiger partial charge in [0.1, 0.15) is 18.0 Å². The van der Waals surface area contributed by atoms with E-state index in [0.717, 1.165) is 0 Å². The fourth-order valence-corrected chi connectivity index (χ4v) is 2.65. The SMILES string of the molecule is CC[C@@H](Nc1nc(/N=C(\C)CC#N)nc(C2=C(F)C(O)CCC2)n1)C(F)(F)F. The van der Waals surface area contributed by atoms with Crippen molar-refractivity contribution in [2.24, 2.45) is 4.99 Å². The number of aliphatic hydroxyl groups excluding tert-OH is 1. The number of aliphatic hydroxyl groups is 1. The topological polar surface area (TPSA) is 107 Å². The van der Waals surface area contributed by atoms with Crippen molar-refractivity contribution in [1.82, 2.24) is 15.0 Å². The van der Waals surface area contributed by atoms with Crippen LogP contribution in [0.3, 0.4) is 0 Å². The van der Waals surface area contributed by atoms with E-state index < -0.39 is 30.1 Å². The summed E-state index contributed by atoms with van der Waals surface area (Å²) in [4.78, 5) is 15.8. The number of nitrogens with zero attached hydrogens (tertiary/aromatic N) is 5. The van der Waals surface area contributed by atoms with Gasteiger partial charge in [0.25, 0.3) is 5.95 Å². The number of hydrogen-bond donors (Lipinski definition) is 2. The average molecular weight is 400 g/mol. The van der Waals surface area contributed by atoms with Crippen molar-refractivity contribution < 1.29 is 22.7 Å². The summed E-state index contributed by atoms with van der Waals surface area (Å²) >= 11 is 0. The van der Waals surface area contributed by atoms with Gasteiger partial charge < -0.3 is 10.4 Å². The quantitative estimate of drug-likeness (QED) is 0.555. The van der Waals surface area contributed by atoms with Gasteiger partial charge in [-0.05, 0) is 32.6 Å². The van der Waals surface area contributed by atoms with Crippen molar-refractivity contribution in [2.45, 2.75) is 64.3 Å². The smallest absolute Gasteiger partial charge is 0.386 e. The van der Waals surface area contributed by atoms with Gasteiger partial charge in [-0.15, -0.1) is 0 Å². The molecule has 0 aliphatic heterocycles. The molecule has 11 heteroatoms. The van der Waals surface area contributed by atoms with Gasteiger partial charge in [-0.1, -0.05) is 6.92 Å². The standard InChI is InChI=1S/C17H20F4N6O/c1-3-12(17(19,20)21)24-16-26-14(10-5-4-6-11(28)13(10)18)25-15(27-16)23-9(2)7-8-22/h11-12,28H,3-7H2,1-2H3,(H,24,25,26,27)/b23-9+/t11?,12-/m1/s1. The third-order valence-corrected chi connectivity index (χ3v) is 4.11. The minimum absolute atomic E-state index is 0.0126. The zero-order valence-corrected chi connectivity index (χ0v) is 15.4. The van der Waals surface area contributed by atoms with Gasteiger partial charge in [0.05, 0.1) is 12.5 Å². The molecule has 1 unspecified atom stereocenters. The summed E-state index contributed by atoms with van der Waals surface area (Å²) in [5.74, 6) is -1.64. The zero-order chi connectivity index (χ0) is 20.9. The highest BCUT2D eigenvalue weighted by molar-refractivity contribution is 5.85. The van der Waals surface area contributed by atoms with Crippen molar-refractivity contribution in [2.75, 3.05) is 5.32 Å². The Kier molecular flexibility index (Phi) is 7.01. The van der Waals surface area contributed by atoms with Crippen molar-refractivity contribution in [1.29, 1.82) is 5.26 Å². The predicted octanol–water partition coefficient (Wildman–Crippen LogP) is 3.86. The van der Waals surface area contributed by atoms with E-state index in [-0.39, 0.29) is 43.0 Å². The van der Waals surface area contributed by atoms with Crippen molar-refractivity contribution in [3.63, 3.8) is 0 Å². The van der Waals surface area contributed by atoms with Crippen LogP contribution < -0.4 is 5.32 Å². The number of anilines is 1. The van der Waals surface area contributed by atoms with E-state index in [0.29, 0.717) is 12.1 Å². The molecule has 1 aromatic rings. The van der Waals surface area contributed by atoms with E-state index in [2.05, 4.69) is 25.3 Å². The van der Waals surface area contributed by atoms with E-state index in [9.17, 15) is 22.7 Å². The van der Waals surface area contributed by atoms with Crippen LogP contribution in [-0.2, 0) is 0 Å². The van der Waals surface area contributed by atoms with Gasteiger partial charge in [-0.3, -0.25) is 0 Å². The molecule has 1 heterocycles. The van der Waals surface area contributed by atoms with E-state index in [1.165, 1.54) is 13.8 Å². The van der Waals surface area contributed by atoms with Crippen LogP contribution in [0.4, 0.5) is 29.5 Å². The number of halogens is 4. The molecule has 1 aromatic heterocycles. The Bertz CT molecular complexity index is 815. The van der Waals surface area contributed by atoms with Gasteiger partial charge >= 0.3 is 6.18 Å². The number of nitriles is 1. The fraction of sp³-hybridized carbons (Fsp3) is 0.588. The molecule has 152 valence electrons. The average Bonchev–Trinajstić information content (AvgIpc) is 2.61. The minimum Gasteiger partial charge on any atom is -0.386 e. The van der Waals surface area contributed by atoms with Crippen LogP contribution in [0, 0.1) is 11.3 Å². The normalized spacial score (nSPS) is 19.4. The minimum atomic E-state index is -4.53. The molecule has 0 radical (unpaired) electrons. The Morgan fingerprint density at radius 2 is 2.11 bits per heavy atom. The lowest BCUT2D eigenvalue weighted by Gasteiger charge is -2.21. The third kappa shape index (κ3) is 5.45. The number of aromatic nitrogens is 3. The predicted molar refractivity (Wildman–Crippen MR) is 94.5 cm³/mol. The lowest BCUT2D eigenvalue weighted by atomic mass is 9.96. The summed E-state index contributed by atoms with van der Waals surface area (Å²) in [5, 5.41) is 20.6. The van der Waals surface area contributed by atoms with E-state index >= 15 is 0 Å². The molecule has 1 aliphatic carbocycles. The Morgan fingerprint density at radius 1 is 1.39 bits per heavy atom. The van der Waals surface area contributed by atoms with Crippen LogP contribution in [0.1, 0.15) is 51.8 Å². The molecule has 2 atom stereocenters. The largest absolute Gasteiger partial charge is 0.408 e. The van der Waals surface area contributed by atoms with Crippen LogP contribution in [-0.4, -0.2) is 44.1 Å². The molecule has 28 heavy (non-hydrogen) atoms. The molecule has 7 nitrogen and oxygen atoms in total. The van der Waals surface area contributed by atoms with Crippen LogP contribution in [0.2, 0.25) is 0 Å². The summed E-state index contributed by atoms with van der Waals surface area (Å²) in [6, 6.07) is -0.0212. The first-order valence-corrected chi connectivity index (χ1v) is 8.73. The molecule has 0 saturated carbocycles. The first kappa shape index (κ1) is 21.7. The second kappa shape index (κ2) is 9.05.